The van der Waals surface area contributed by atoms with Gasteiger partial charge in [0.05, 0.1) is 4.90 Å². The molecule has 2 aromatic rings. The van der Waals surface area contributed by atoms with E-state index in [-0.39, 0.29) is 17.4 Å². The first-order valence-corrected chi connectivity index (χ1v) is 11.8. The van der Waals surface area contributed by atoms with Gasteiger partial charge in [-0.2, -0.15) is 4.31 Å². The van der Waals surface area contributed by atoms with Gasteiger partial charge in [-0.05, 0) is 49.4 Å². The maximum absolute atomic E-state index is 13.0. The molecule has 7 nitrogen and oxygen atoms in total. The van der Waals surface area contributed by atoms with Crippen LogP contribution in [0.1, 0.15) is 43.7 Å². The Bertz CT molecular complexity index is 1050. The van der Waals surface area contributed by atoms with E-state index < -0.39 is 34.5 Å². The molecule has 1 fully saturated rings. The molecule has 1 N–H and O–H groups in total. The van der Waals surface area contributed by atoms with E-state index >= 15 is 0 Å². The molecule has 166 valence electrons. The van der Waals surface area contributed by atoms with Crippen LogP contribution in [0.5, 0.6) is 0 Å². The number of nitrogens with zero attached hydrogens (tertiary/aromatic N) is 1. The van der Waals surface area contributed by atoms with Crippen LogP contribution in [0.4, 0.5) is 5.69 Å². The summed E-state index contributed by atoms with van der Waals surface area (Å²) in [5.41, 5.74) is 2.60. The Morgan fingerprint density at radius 2 is 1.81 bits per heavy atom. The minimum atomic E-state index is -3.82. The second-order valence-corrected chi connectivity index (χ2v) is 9.88. The van der Waals surface area contributed by atoms with Gasteiger partial charge >= 0.3 is 5.97 Å². The van der Waals surface area contributed by atoms with Crippen LogP contribution in [0.2, 0.25) is 0 Å². The number of ether oxygens (including phenoxy) is 1. The number of carbonyl (C=O) groups is 2. The van der Waals surface area contributed by atoms with Crippen molar-refractivity contribution in [1.82, 2.24) is 4.31 Å². The second-order valence-electron chi connectivity index (χ2n) is 7.98. The van der Waals surface area contributed by atoms with Crippen LogP contribution in [-0.2, 0) is 24.3 Å². The van der Waals surface area contributed by atoms with Crippen LogP contribution in [0.25, 0.3) is 0 Å². The highest BCUT2D eigenvalue weighted by molar-refractivity contribution is 7.89. The molecule has 8 heteroatoms. The van der Waals surface area contributed by atoms with E-state index in [2.05, 4.69) is 5.32 Å². The van der Waals surface area contributed by atoms with Gasteiger partial charge in [0.1, 0.15) is 6.04 Å². The lowest BCUT2D eigenvalue weighted by molar-refractivity contribution is -0.150. The molecule has 1 atom stereocenters. The molecule has 1 heterocycles. The largest absolute Gasteiger partial charge is 0.454 e. The number of carbonyl (C=O) groups excluding carboxylic acids is 2. The number of rotatable bonds is 7. The summed E-state index contributed by atoms with van der Waals surface area (Å²) in [4.78, 5) is 25.1. The highest BCUT2D eigenvalue weighted by Crippen LogP contribution is 2.27. The normalized spacial score (nSPS) is 17.0. The Morgan fingerprint density at radius 3 is 2.48 bits per heavy atom. The molecule has 1 aliphatic heterocycles. The molecule has 0 unspecified atom stereocenters. The van der Waals surface area contributed by atoms with Gasteiger partial charge < -0.3 is 10.1 Å². The van der Waals surface area contributed by atoms with Crippen molar-refractivity contribution in [2.45, 2.75) is 50.5 Å². The standard InChI is InChI=1S/C23H28N2O5S/c1-16(2)19-7-4-5-8-20(19)24-22(26)15-30-23(27)21-9-6-14-25(21)31(28,29)18-12-10-17(3)11-13-18/h4-5,7-8,10-13,16,21H,6,9,14-15H2,1-3H3,(H,24,26)/t21-/m0/s1. The summed E-state index contributed by atoms with van der Waals surface area (Å²) in [7, 11) is -3.82. The van der Waals surface area contributed by atoms with E-state index in [1.807, 2.05) is 39.0 Å². The zero-order valence-electron chi connectivity index (χ0n) is 18.0. The fourth-order valence-corrected chi connectivity index (χ4v) is 5.29. The summed E-state index contributed by atoms with van der Waals surface area (Å²) in [5.74, 6) is -0.953. The van der Waals surface area contributed by atoms with Crippen molar-refractivity contribution in [1.29, 1.82) is 0 Å². The van der Waals surface area contributed by atoms with Crippen molar-refractivity contribution in [3.05, 3.63) is 59.7 Å². The summed E-state index contributed by atoms with van der Waals surface area (Å²) in [6.45, 7) is 5.68. The first-order chi connectivity index (χ1) is 14.7. The fraction of sp³-hybridized carbons (Fsp3) is 0.391. The predicted octanol–water partition coefficient (Wildman–Crippen LogP) is 3.45. The number of benzene rings is 2. The first kappa shape index (κ1) is 23.0. The first-order valence-electron chi connectivity index (χ1n) is 10.3. The van der Waals surface area contributed by atoms with E-state index in [4.69, 9.17) is 4.74 Å². The third-order valence-corrected chi connectivity index (χ3v) is 7.23. The summed E-state index contributed by atoms with van der Waals surface area (Å²) >= 11 is 0. The van der Waals surface area contributed by atoms with Crippen molar-refractivity contribution >= 4 is 27.6 Å². The lowest BCUT2D eigenvalue weighted by atomic mass is 10.0. The second kappa shape index (κ2) is 9.62. The van der Waals surface area contributed by atoms with Gasteiger partial charge in [0.15, 0.2) is 6.61 Å². The van der Waals surface area contributed by atoms with Crippen LogP contribution in [0, 0.1) is 6.92 Å². The highest BCUT2D eigenvalue weighted by atomic mass is 32.2. The van der Waals surface area contributed by atoms with Crippen molar-refractivity contribution in [3.63, 3.8) is 0 Å². The van der Waals surface area contributed by atoms with Gasteiger partial charge in [-0.25, -0.2) is 8.42 Å². The minimum absolute atomic E-state index is 0.140. The van der Waals surface area contributed by atoms with Crippen molar-refractivity contribution in [3.8, 4) is 0 Å². The molecule has 1 aliphatic rings. The molecule has 0 spiro atoms. The number of hydrogen-bond donors (Lipinski definition) is 1. The van der Waals surface area contributed by atoms with Gasteiger partial charge in [-0.1, -0.05) is 49.7 Å². The lowest BCUT2D eigenvalue weighted by Crippen LogP contribution is -2.42. The van der Waals surface area contributed by atoms with Crippen LogP contribution in [-0.4, -0.2) is 43.8 Å². The topological polar surface area (TPSA) is 92.8 Å². The van der Waals surface area contributed by atoms with E-state index in [9.17, 15) is 18.0 Å². The maximum Gasteiger partial charge on any atom is 0.324 e. The van der Waals surface area contributed by atoms with Crippen LogP contribution in [0.15, 0.2) is 53.4 Å². The number of sulfonamides is 1. The lowest BCUT2D eigenvalue weighted by Gasteiger charge is -2.22. The minimum Gasteiger partial charge on any atom is -0.454 e. The number of amides is 1. The summed E-state index contributed by atoms with van der Waals surface area (Å²) in [6.07, 6.45) is 0.917. The van der Waals surface area contributed by atoms with E-state index in [0.29, 0.717) is 18.5 Å². The molecule has 0 bridgehead atoms. The number of hydrogen-bond acceptors (Lipinski definition) is 5. The summed E-state index contributed by atoms with van der Waals surface area (Å²) in [6, 6.07) is 13.0. The summed E-state index contributed by atoms with van der Waals surface area (Å²) in [5, 5.41) is 2.76. The zero-order valence-corrected chi connectivity index (χ0v) is 18.8. The summed E-state index contributed by atoms with van der Waals surface area (Å²) < 4.78 is 32.3. The molecule has 1 saturated heterocycles. The molecular formula is C23H28N2O5S. The molecule has 2 aromatic carbocycles. The molecule has 0 saturated carbocycles. The Kier molecular flexibility index (Phi) is 7.12. The third kappa shape index (κ3) is 5.32. The Balaban J connectivity index is 1.63. The molecule has 0 aromatic heterocycles. The fourth-order valence-electron chi connectivity index (χ4n) is 3.64. The van der Waals surface area contributed by atoms with Gasteiger partial charge in [-0.3, -0.25) is 9.59 Å². The van der Waals surface area contributed by atoms with E-state index in [0.717, 1.165) is 11.1 Å². The number of aryl methyl sites for hydroxylation is 1. The molecule has 31 heavy (non-hydrogen) atoms. The Labute approximate surface area is 183 Å². The number of esters is 1. The zero-order chi connectivity index (χ0) is 22.6. The average molecular weight is 445 g/mol. The average Bonchev–Trinajstić information content (AvgIpc) is 3.23. The number of anilines is 1. The predicted molar refractivity (Wildman–Crippen MR) is 118 cm³/mol. The third-order valence-electron chi connectivity index (χ3n) is 5.31. The van der Waals surface area contributed by atoms with Gasteiger partial charge in [0.25, 0.3) is 5.91 Å². The van der Waals surface area contributed by atoms with E-state index in [1.54, 1.807) is 18.2 Å². The van der Waals surface area contributed by atoms with Crippen molar-refractivity contribution in [2.75, 3.05) is 18.5 Å². The van der Waals surface area contributed by atoms with Crippen LogP contribution >= 0.6 is 0 Å². The van der Waals surface area contributed by atoms with Crippen LogP contribution < -0.4 is 5.32 Å². The monoisotopic (exact) mass is 444 g/mol. The number of para-hydroxylation sites is 1. The highest BCUT2D eigenvalue weighted by Gasteiger charge is 2.40. The molecule has 3 rings (SSSR count). The van der Waals surface area contributed by atoms with E-state index in [1.165, 1.54) is 16.4 Å². The molecule has 0 aliphatic carbocycles. The van der Waals surface area contributed by atoms with Gasteiger partial charge in [0, 0.05) is 12.2 Å². The Morgan fingerprint density at radius 1 is 1.13 bits per heavy atom. The quantitative estimate of drug-likeness (QED) is 0.661. The van der Waals surface area contributed by atoms with Gasteiger partial charge in [0.2, 0.25) is 10.0 Å². The maximum atomic E-state index is 13.0. The van der Waals surface area contributed by atoms with Crippen LogP contribution in [0.3, 0.4) is 0 Å². The Hall–Kier alpha value is -2.71. The SMILES string of the molecule is Cc1ccc(S(=O)(=O)N2CCC[C@H]2C(=O)OCC(=O)Nc2ccccc2C(C)C)cc1. The van der Waals surface area contributed by atoms with Crippen molar-refractivity contribution < 1.29 is 22.7 Å². The smallest absolute Gasteiger partial charge is 0.324 e. The molecule has 0 radical (unpaired) electrons. The van der Waals surface area contributed by atoms with Gasteiger partial charge in [-0.15, -0.1) is 0 Å². The number of nitrogens with one attached hydrogen (secondary N) is 1. The molecule has 1 amide bonds. The molecular weight excluding hydrogens is 416 g/mol. The van der Waals surface area contributed by atoms with Crippen molar-refractivity contribution in [2.24, 2.45) is 0 Å².